The lowest BCUT2D eigenvalue weighted by Gasteiger charge is -2.29. The molecule has 2 aliphatic rings. The number of nitro benzene ring substituents is 1. The first-order valence-electron chi connectivity index (χ1n) is 9.98. The second-order valence-corrected chi connectivity index (χ2v) is 11.1. The molecule has 2 aromatic rings. The summed E-state index contributed by atoms with van der Waals surface area (Å²) < 4.78 is 0. The highest BCUT2D eigenvalue weighted by Gasteiger charge is 2.54. The van der Waals surface area contributed by atoms with Crippen LogP contribution in [0.25, 0.3) is 0 Å². The molecule has 1 saturated heterocycles. The van der Waals surface area contributed by atoms with Gasteiger partial charge in [0, 0.05) is 27.4 Å². The predicted molar refractivity (Wildman–Crippen MR) is 126 cm³/mol. The molecule has 12 heteroatoms. The fourth-order valence-corrected chi connectivity index (χ4v) is 5.97. The van der Waals surface area contributed by atoms with Gasteiger partial charge in [0.05, 0.1) is 21.6 Å². The van der Waals surface area contributed by atoms with E-state index in [4.69, 9.17) is 0 Å². The van der Waals surface area contributed by atoms with E-state index in [1.165, 1.54) is 23.5 Å². The molecule has 4 atom stereocenters. The standard InChI is InChI=1S/C21H17Br2N3O6S/c22-15-8-13-14(9-16(15)23)21(30)25(20(13)29)24(10-17(27)18-2-1-7-33-18)19(28)11-3-5-12(6-4-11)26(31)32/h1-7,13-16H,8-10H2/t13-,14-,15+,16+/m1/s1. The molecular weight excluding hydrogens is 582 g/mol. The van der Waals surface area contributed by atoms with Crippen molar-refractivity contribution in [1.82, 2.24) is 10.0 Å². The summed E-state index contributed by atoms with van der Waals surface area (Å²) in [5, 5.41) is 14.3. The second kappa shape index (κ2) is 9.43. The first-order chi connectivity index (χ1) is 15.7. The molecule has 172 valence electrons. The van der Waals surface area contributed by atoms with Gasteiger partial charge in [-0.2, -0.15) is 5.01 Å². The minimum absolute atomic E-state index is 0.0120. The molecule has 1 aromatic carbocycles. The van der Waals surface area contributed by atoms with Crippen LogP contribution >= 0.6 is 43.2 Å². The number of carbonyl (C=O) groups is 4. The van der Waals surface area contributed by atoms with Gasteiger partial charge in [-0.15, -0.1) is 11.3 Å². The Bertz CT molecular complexity index is 1100. The van der Waals surface area contributed by atoms with Gasteiger partial charge in [0.2, 0.25) is 0 Å². The summed E-state index contributed by atoms with van der Waals surface area (Å²) in [7, 11) is 0. The van der Waals surface area contributed by atoms with Gasteiger partial charge in [-0.3, -0.25) is 29.3 Å². The topological polar surface area (TPSA) is 118 Å². The Labute approximate surface area is 209 Å². The molecule has 4 rings (SSSR count). The van der Waals surface area contributed by atoms with Crippen molar-refractivity contribution in [3.8, 4) is 0 Å². The monoisotopic (exact) mass is 597 g/mol. The van der Waals surface area contributed by atoms with E-state index in [2.05, 4.69) is 31.9 Å². The fourth-order valence-electron chi connectivity index (χ4n) is 4.07. The quantitative estimate of drug-likeness (QED) is 0.164. The molecule has 0 radical (unpaired) electrons. The van der Waals surface area contributed by atoms with Gasteiger partial charge >= 0.3 is 0 Å². The third-order valence-electron chi connectivity index (χ3n) is 5.78. The Kier molecular flexibility index (Phi) is 6.78. The number of fused-ring (bicyclic) bond motifs is 1. The number of imide groups is 1. The molecule has 1 aromatic heterocycles. The number of hydrogen-bond donors (Lipinski definition) is 0. The van der Waals surface area contributed by atoms with Gasteiger partial charge in [0.15, 0.2) is 5.78 Å². The summed E-state index contributed by atoms with van der Waals surface area (Å²) in [6, 6.07) is 8.08. The van der Waals surface area contributed by atoms with Crippen molar-refractivity contribution >= 4 is 72.4 Å². The summed E-state index contributed by atoms with van der Waals surface area (Å²) in [6.07, 6.45) is 0.834. The second-order valence-electron chi connectivity index (χ2n) is 7.77. The van der Waals surface area contributed by atoms with Gasteiger partial charge in [-0.1, -0.05) is 37.9 Å². The molecule has 2 heterocycles. The summed E-state index contributed by atoms with van der Waals surface area (Å²) in [5.74, 6) is -3.43. The SMILES string of the molecule is O=C(CN(C(=O)c1ccc([N+](=O)[O-])cc1)N1C(=O)[C@@H]2C[C@H](Br)[C@@H](Br)C[C@H]2C1=O)c1cccs1. The minimum Gasteiger partial charge on any atom is -0.291 e. The van der Waals surface area contributed by atoms with Crippen molar-refractivity contribution in [2.45, 2.75) is 22.5 Å². The molecule has 3 amide bonds. The number of hydrogen-bond acceptors (Lipinski definition) is 7. The Hall–Kier alpha value is -2.44. The summed E-state index contributed by atoms with van der Waals surface area (Å²) in [5.41, 5.74) is -0.189. The van der Waals surface area contributed by atoms with Crippen molar-refractivity contribution in [3.63, 3.8) is 0 Å². The Morgan fingerprint density at radius 1 is 1.06 bits per heavy atom. The number of nitro groups is 1. The number of halogens is 2. The maximum atomic E-state index is 13.4. The fraction of sp³-hybridized carbons (Fsp3) is 0.333. The zero-order valence-corrected chi connectivity index (χ0v) is 20.9. The minimum atomic E-state index is -0.763. The maximum Gasteiger partial charge on any atom is 0.273 e. The van der Waals surface area contributed by atoms with Crippen molar-refractivity contribution < 1.29 is 24.1 Å². The first-order valence-corrected chi connectivity index (χ1v) is 12.7. The average Bonchev–Trinajstić information content (AvgIpc) is 3.41. The number of nitrogens with zero attached hydrogens (tertiary/aromatic N) is 3. The lowest BCUT2D eigenvalue weighted by Crippen LogP contribution is -2.52. The van der Waals surface area contributed by atoms with E-state index < -0.39 is 46.8 Å². The van der Waals surface area contributed by atoms with E-state index in [-0.39, 0.29) is 20.9 Å². The van der Waals surface area contributed by atoms with Gasteiger partial charge in [0.1, 0.15) is 6.54 Å². The van der Waals surface area contributed by atoms with Crippen LogP contribution in [0.15, 0.2) is 41.8 Å². The van der Waals surface area contributed by atoms with Gasteiger partial charge < -0.3 is 0 Å². The maximum absolute atomic E-state index is 13.4. The number of rotatable bonds is 6. The number of amides is 3. The third-order valence-corrected chi connectivity index (χ3v) is 9.42. The van der Waals surface area contributed by atoms with Crippen molar-refractivity contribution in [2.75, 3.05) is 6.54 Å². The molecule has 1 aliphatic carbocycles. The molecule has 1 aliphatic heterocycles. The van der Waals surface area contributed by atoms with Crippen LogP contribution in [0, 0.1) is 22.0 Å². The lowest BCUT2D eigenvalue weighted by molar-refractivity contribution is -0.384. The van der Waals surface area contributed by atoms with Gasteiger partial charge in [-0.05, 0) is 36.4 Å². The van der Waals surface area contributed by atoms with Crippen LogP contribution < -0.4 is 0 Å². The number of Topliss-reactive ketones (excluding diaryl/α,β-unsaturated/α-hetero) is 1. The van der Waals surface area contributed by atoms with Crippen LogP contribution in [-0.4, -0.2) is 54.6 Å². The lowest BCUT2D eigenvalue weighted by atomic mass is 9.81. The van der Waals surface area contributed by atoms with Crippen molar-refractivity contribution in [2.24, 2.45) is 11.8 Å². The normalized spacial score (nSPS) is 24.5. The number of benzene rings is 1. The third kappa shape index (κ3) is 4.51. The Morgan fingerprint density at radius 3 is 2.12 bits per heavy atom. The highest BCUT2D eigenvalue weighted by Crippen LogP contribution is 2.43. The van der Waals surface area contributed by atoms with Gasteiger partial charge in [0.25, 0.3) is 23.4 Å². The Morgan fingerprint density at radius 2 is 1.64 bits per heavy atom. The summed E-state index contributed by atoms with van der Waals surface area (Å²) in [4.78, 5) is 63.5. The number of thiophene rings is 1. The number of ketones is 1. The molecule has 0 unspecified atom stereocenters. The molecule has 1 saturated carbocycles. The number of non-ortho nitro benzene ring substituents is 1. The van der Waals surface area contributed by atoms with Crippen LogP contribution in [0.2, 0.25) is 0 Å². The molecule has 33 heavy (non-hydrogen) atoms. The smallest absolute Gasteiger partial charge is 0.273 e. The average molecular weight is 599 g/mol. The number of alkyl halides is 2. The summed E-state index contributed by atoms with van der Waals surface area (Å²) >= 11 is 8.24. The van der Waals surface area contributed by atoms with Crippen LogP contribution in [-0.2, 0) is 9.59 Å². The van der Waals surface area contributed by atoms with Crippen LogP contribution in [0.5, 0.6) is 0 Å². The number of carbonyl (C=O) groups excluding carboxylic acids is 4. The van der Waals surface area contributed by atoms with Crippen LogP contribution in [0.3, 0.4) is 0 Å². The van der Waals surface area contributed by atoms with E-state index in [0.29, 0.717) is 17.7 Å². The van der Waals surface area contributed by atoms with Gasteiger partial charge in [-0.25, -0.2) is 5.01 Å². The molecule has 0 spiro atoms. The Balaban J connectivity index is 1.68. The molecular formula is C21H17Br2N3O6S. The van der Waals surface area contributed by atoms with E-state index in [1.807, 2.05) is 0 Å². The summed E-state index contributed by atoms with van der Waals surface area (Å²) in [6.45, 7) is -0.511. The van der Waals surface area contributed by atoms with E-state index in [9.17, 15) is 29.3 Å². The molecule has 9 nitrogen and oxygen atoms in total. The van der Waals surface area contributed by atoms with Crippen molar-refractivity contribution in [1.29, 1.82) is 0 Å². The zero-order chi connectivity index (χ0) is 23.9. The molecule has 0 N–H and O–H groups in total. The van der Waals surface area contributed by atoms with E-state index >= 15 is 0 Å². The first kappa shape index (κ1) is 23.7. The molecule has 0 bridgehead atoms. The number of hydrazine groups is 1. The highest BCUT2D eigenvalue weighted by atomic mass is 79.9. The highest BCUT2D eigenvalue weighted by molar-refractivity contribution is 9.12. The largest absolute Gasteiger partial charge is 0.291 e. The van der Waals surface area contributed by atoms with E-state index in [1.54, 1.807) is 17.5 Å². The zero-order valence-electron chi connectivity index (χ0n) is 16.9. The molecule has 2 fully saturated rings. The predicted octanol–water partition coefficient (Wildman–Crippen LogP) is 3.82. The van der Waals surface area contributed by atoms with Crippen LogP contribution in [0.1, 0.15) is 32.9 Å². The van der Waals surface area contributed by atoms with Crippen LogP contribution in [0.4, 0.5) is 5.69 Å². The van der Waals surface area contributed by atoms with E-state index in [0.717, 1.165) is 22.2 Å². The van der Waals surface area contributed by atoms with Crippen molar-refractivity contribution in [3.05, 3.63) is 62.3 Å².